The lowest BCUT2D eigenvalue weighted by Gasteiger charge is -2.39. The summed E-state index contributed by atoms with van der Waals surface area (Å²) >= 11 is 0. The molecule has 1 atom stereocenters. The molecule has 3 heterocycles. The first-order chi connectivity index (χ1) is 14.1. The van der Waals surface area contributed by atoms with Crippen LogP contribution in [-0.4, -0.2) is 49.3 Å². The van der Waals surface area contributed by atoms with Crippen molar-refractivity contribution in [3.63, 3.8) is 0 Å². The van der Waals surface area contributed by atoms with Gasteiger partial charge < -0.3 is 19.2 Å². The average Bonchev–Trinajstić information content (AvgIpc) is 3.39. The Morgan fingerprint density at radius 3 is 2.79 bits per heavy atom. The highest BCUT2D eigenvalue weighted by Crippen LogP contribution is 2.39. The zero-order chi connectivity index (χ0) is 20.3. The smallest absolute Gasteiger partial charge is 0.287 e. The third-order valence-electron chi connectivity index (χ3n) is 6.21. The normalized spacial score (nSPS) is 21.4. The van der Waals surface area contributed by atoms with Crippen LogP contribution in [0.3, 0.4) is 0 Å². The molecule has 4 rings (SSSR count). The van der Waals surface area contributed by atoms with E-state index in [-0.39, 0.29) is 17.6 Å². The van der Waals surface area contributed by atoms with E-state index in [1.807, 2.05) is 0 Å². The van der Waals surface area contributed by atoms with Crippen molar-refractivity contribution in [2.75, 3.05) is 26.7 Å². The lowest BCUT2D eigenvalue weighted by atomic mass is 9.88. The maximum Gasteiger partial charge on any atom is 0.287 e. The second-order valence-electron chi connectivity index (χ2n) is 8.23. The monoisotopic (exact) mass is 398 g/mol. The highest BCUT2D eigenvalue weighted by Gasteiger charge is 2.42. The fourth-order valence-electron chi connectivity index (χ4n) is 4.52. The molecule has 0 radical (unpaired) electrons. The quantitative estimate of drug-likeness (QED) is 0.806. The van der Waals surface area contributed by atoms with Gasteiger partial charge >= 0.3 is 0 Å². The number of amides is 1. The number of likely N-dealkylation sites (tertiary alicyclic amines) is 1. The zero-order valence-electron chi connectivity index (χ0n) is 17.3. The van der Waals surface area contributed by atoms with Gasteiger partial charge in [0.2, 0.25) is 0 Å². The predicted octanol–water partition coefficient (Wildman–Crippen LogP) is 3.54. The minimum absolute atomic E-state index is 0.0214. The van der Waals surface area contributed by atoms with Gasteiger partial charge in [0, 0.05) is 26.2 Å². The van der Waals surface area contributed by atoms with E-state index >= 15 is 0 Å². The molecule has 1 unspecified atom stereocenters. The van der Waals surface area contributed by atoms with Crippen molar-refractivity contribution in [3.8, 4) is 5.75 Å². The average molecular weight is 399 g/mol. The van der Waals surface area contributed by atoms with Gasteiger partial charge in [-0.25, -0.2) is 0 Å². The molecular formula is C23H30N2O4. The molecule has 0 bridgehead atoms. The lowest BCUT2D eigenvalue weighted by Crippen LogP contribution is -2.44. The second kappa shape index (κ2) is 8.59. The molecule has 156 valence electrons. The molecule has 6 heteroatoms. The minimum Gasteiger partial charge on any atom is -0.496 e. The SMILES string of the molecule is COc1ccc(CN2CCC3(CCC(CNC(=O)c4ccco4)O3)CC2)cc1C. The maximum atomic E-state index is 12.0. The van der Waals surface area contributed by atoms with Crippen LogP contribution in [0.1, 0.15) is 47.4 Å². The van der Waals surface area contributed by atoms with Gasteiger partial charge in [-0.1, -0.05) is 12.1 Å². The van der Waals surface area contributed by atoms with Crippen LogP contribution in [0.4, 0.5) is 0 Å². The van der Waals surface area contributed by atoms with E-state index in [0.717, 1.165) is 51.1 Å². The topological polar surface area (TPSA) is 63.9 Å². The molecule has 2 aromatic rings. The third-order valence-corrected chi connectivity index (χ3v) is 6.21. The summed E-state index contributed by atoms with van der Waals surface area (Å²) in [5.74, 6) is 1.11. The minimum atomic E-state index is -0.177. The van der Waals surface area contributed by atoms with E-state index in [1.54, 1.807) is 19.2 Å². The summed E-state index contributed by atoms with van der Waals surface area (Å²) in [5.41, 5.74) is 2.48. The maximum absolute atomic E-state index is 12.0. The Labute approximate surface area is 172 Å². The number of aryl methyl sites for hydroxylation is 1. The summed E-state index contributed by atoms with van der Waals surface area (Å²) in [5, 5.41) is 2.93. The number of nitrogens with one attached hydrogen (secondary N) is 1. The first-order valence-corrected chi connectivity index (χ1v) is 10.4. The molecule has 2 aliphatic heterocycles. The number of carbonyl (C=O) groups is 1. The number of furan rings is 1. The fourth-order valence-corrected chi connectivity index (χ4v) is 4.52. The van der Waals surface area contributed by atoms with Gasteiger partial charge in [-0.3, -0.25) is 9.69 Å². The van der Waals surface area contributed by atoms with Crippen molar-refractivity contribution in [1.82, 2.24) is 10.2 Å². The number of rotatable bonds is 6. The summed E-state index contributed by atoms with van der Waals surface area (Å²) in [6, 6.07) is 9.81. The number of hydrogen-bond donors (Lipinski definition) is 1. The Balaban J connectivity index is 1.24. The number of benzene rings is 1. The highest BCUT2D eigenvalue weighted by molar-refractivity contribution is 5.91. The van der Waals surface area contributed by atoms with Gasteiger partial charge in [-0.15, -0.1) is 0 Å². The molecule has 1 aromatic carbocycles. The van der Waals surface area contributed by atoms with Crippen LogP contribution in [0.2, 0.25) is 0 Å². The van der Waals surface area contributed by atoms with E-state index in [0.29, 0.717) is 12.3 Å². The van der Waals surface area contributed by atoms with Crippen molar-refractivity contribution in [1.29, 1.82) is 0 Å². The number of nitrogens with zero attached hydrogens (tertiary/aromatic N) is 1. The van der Waals surface area contributed by atoms with Gasteiger partial charge in [0.25, 0.3) is 5.91 Å². The van der Waals surface area contributed by atoms with Gasteiger partial charge in [-0.05, 0) is 61.9 Å². The van der Waals surface area contributed by atoms with E-state index in [9.17, 15) is 4.79 Å². The molecule has 2 saturated heterocycles. The summed E-state index contributed by atoms with van der Waals surface area (Å²) in [7, 11) is 1.71. The Morgan fingerprint density at radius 2 is 2.10 bits per heavy atom. The molecule has 2 aliphatic rings. The molecule has 1 N–H and O–H groups in total. The molecule has 0 aliphatic carbocycles. The summed E-state index contributed by atoms with van der Waals surface area (Å²) in [4.78, 5) is 14.5. The van der Waals surface area contributed by atoms with E-state index < -0.39 is 0 Å². The van der Waals surface area contributed by atoms with Gasteiger partial charge in [0.15, 0.2) is 5.76 Å². The van der Waals surface area contributed by atoms with Crippen molar-refractivity contribution in [2.45, 2.75) is 50.9 Å². The number of piperidine rings is 1. The summed E-state index contributed by atoms with van der Waals surface area (Å²) in [6.07, 6.45) is 5.76. The van der Waals surface area contributed by atoms with E-state index in [4.69, 9.17) is 13.9 Å². The Bertz CT molecular complexity index is 825. The van der Waals surface area contributed by atoms with Crippen LogP contribution in [0.25, 0.3) is 0 Å². The van der Waals surface area contributed by atoms with E-state index in [2.05, 4.69) is 35.3 Å². The molecule has 0 saturated carbocycles. The molecule has 1 amide bonds. The molecule has 1 spiro atoms. The Morgan fingerprint density at radius 1 is 1.28 bits per heavy atom. The Hall–Kier alpha value is -2.31. The van der Waals surface area contributed by atoms with Crippen molar-refractivity contribution < 1.29 is 18.7 Å². The highest BCUT2D eigenvalue weighted by atomic mass is 16.5. The third kappa shape index (κ3) is 4.65. The number of methoxy groups -OCH3 is 1. The first kappa shape index (κ1) is 20.0. The molecule has 6 nitrogen and oxygen atoms in total. The predicted molar refractivity (Wildman–Crippen MR) is 110 cm³/mol. The fraction of sp³-hybridized carbons (Fsp3) is 0.522. The van der Waals surface area contributed by atoms with Crippen LogP contribution in [0.15, 0.2) is 41.0 Å². The molecule has 2 fully saturated rings. The van der Waals surface area contributed by atoms with Gasteiger partial charge in [0.05, 0.1) is 25.1 Å². The summed E-state index contributed by atoms with van der Waals surface area (Å²) in [6.45, 7) is 5.66. The van der Waals surface area contributed by atoms with Crippen LogP contribution in [0, 0.1) is 6.92 Å². The van der Waals surface area contributed by atoms with Crippen molar-refractivity contribution >= 4 is 5.91 Å². The van der Waals surface area contributed by atoms with Crippen LogP contribution < -0.4 is 10.1 Å². The van der Waals surface area contributed by atoms with Crippen molar-refractivity contribution in [3.05, 3.63) is 53.5 Å². The second-order valence-corrected chi connectivity index (χ2v) is 8.23. The largest absolute Gasteiger partial charge is 0.496 e. The van der Waals surface area contributed by atoms with Gasteiger partial charge in [0.1, 0.15) is 5.75 Å². The zero-order valence-corrected chi connectivity index (χ0v) is 17.3. The Kier molecular flexibility index (Phi) is 5.92. The van der Waals surface area contributed by atoms with Crippen LogP contribution in [-0.2, 0) is 11.3 Å². The standard InChI is InChI=1S/C23H30N2O4/c1-17-14-18(5-6-20(17)27-2)16-25-11-9-23(10-12-25)8-7-19(29-23)15-24-22(26)21-4-3-13-28-21/h3-6,13-14,19H,7-12,15-16H2,1-2H3,(H,24,26). The molecular weight excluding hydrogens is 368 g/mol. The number of carbonyl (C=O) groups excluding carboxylic acids is 1. The lowest BCUT2D eigenvalue weighted by molar-refractivity contribution is -0.0764. The molecule has 29 heavy (non-hydrogen) atoms. The number of ether oxygens (including phenoxy) is 2. The first-order valence-electron chi connectivity index (χ1n) is 10.4. The van der Waals surface area contributed by atoms with Gasteiger partial charge in [-0.2, -0.15) is 0 Å². The molecule has 1 aromatic heterocycles. The van der Waals surface area contributed by atoms with Crippen molar-refractivity contribution in [2.24, 2.45) is 0 Å². The number of hydrogen-bond acceptors (Lipinski definition) is 5. The van der Waals surface area contributed by atoms with Crippen LogP contribution >= 0.6 is 0 Å². The summed E-state index contributed by atoms with van der Waals surface area (Å²) < 4.78 is 16.9. The van der Waals surface area contributed by atoms with E-state index in [1.165, 1.54) is 17.4 Å². The van der Waals surface area contributed by atoms with Crippen LogP contribution in [0.5, 0.6) is 5.75 Å².